The predicted octanol–water partition coefficient (Wildman–Crippen LogP) is -1.43. The van der Waals surface area contributed by atoms with E-state index in [2.05, 4.69) is 4.74 Å². The molecule has 5 nitrogen and oxygen atoms in total. The third-order valence-corrected chi connectivity index (χ3v) is 0.526. The Bertz CT molecular complexity index is 122. The zero-order valence-electron chi connectivity index (χ0n) is 4.66. The second kappa shape index (κ2) is 3.85. The number of aliphatic carboxylic acids is 1. The molecule has 0 aromatic rings. The van der Waals surface area contributed by atoms with Crippen LogP contribution in [0.1, 0.15) is 0 Å². The van der Waals surface area contributed by atoms with Crippen LogP contribution in [0.25, 0.3) is 0 Å². The molecule has 9 heavy (non-hydrogen) atoms. The number of ether oxygens (including phenoxy) is 1. The molecule has 0 amide bonds. The summed E-state index contributed by atoms with van der Waals surface area (Å²) in [7, 11) is 0. The van der Waals surface area contributed by atoms with Crippen molar-refractivity contribution in [3.05, 3.63) is 0 Å². The summed E-state index contributed by atoms with van der Waals surface area (Å²) in [6.45, 7) is 0.0875. The smallest absolute Gasteiger partial charge is 0.417 e. The Labute approximate surface area is 51.4 Å². The summed E-state index contributed by atoms with van der Waals surface area (Å²) < 4.78 is 4.09. The van der Waals surface area contributed by atoms with E-state index in [1.807, 2.05) is 0 Å². The number of hydrogen-bond donors (Lipinski definition) is 2. The Morgan fingerprint density at radius 2 is 2.11 bits per heavy atom. The average molecular weight is 133 g/mol. The molecule has 0 atom stereocenters. The van der Waals surface area contributed by atoms with Gasteiger partial charge in [0.2, 0.25) is 0 Å². The van der Waals surface area contributed by atoms with E-state index in [1.165, 1.54) is 0 Å². The van der Waals surface area contributed by atoms with E-state index in [4.69, 9.17) is 10.8 Å². The fourth-order valence-electron chi connectivity index (χ4n) is 0.213. The summed E-state index contributed by atoms with van der Waals surface area (Å²) in [4.78, 5) is 19.7. The number of carboxylic acids is 1. The molecule has 3 N–H and O–H groups in total. The summed E-state index contributed by atoms with van der Waals surface area (Å²) in [6, 6.07) is 0. The van der Waals surface area contributed by atoms with Crippen molar-refractivity contribution in [3.8, 4) is 0 Å². The van der Waals surface area contributed by atoms with Crippen LogP contribution >= 0.6 is 0 Å². The van der Waals surface area contributed by atoms with Crippen molar-refractivity contribution in [2.75, 3.05) is 13.2 Å². The van der Waals surface area contributed by atoms with Gasteiger partial charge in [-0.2, -0.15) is 0 Å². The number of rotatable bonds is 2. The highest BCUT2D eigenvalue weighted by atomic mass is 16.6. The second-order valence-electron chi connectivity index (χ2n) is 1.23. The molecule has 0 spiro atoms. The summed E-state index contributed by atoms with van der Waals surface area (Å²) >= 11 is 0. The van der Waals surface area contributed by atoms with Crippen LogP contribution in [-0.4, -0.2) is 30.2 Å². The summed E-state index contributed by atoms with van der Waals surface area (Å²) in [5.41, 5.74) is 4.91. The minimum atomic E-state index is -1.59. The van der Waals surface area contributed by atoms with Crippen LogP contribution in [0.4, 0.5) is 0 Å². The molecule has 0 aliphatic heterocycles. The molecule has 0 rings (SSSR count). The first-order valence-corrected chi connectivity index (χ1v) is 2.28. The van der Waals surface area contributed by atoms with Gasteiger partial charge in [-0.15, -0.1) is 0 Å². The second-order valence-corrected chi connectivity index (χ2v) is 1.23. The molecule has 0 radical (unpaired) electrons. The summed E-state index contributed by atoms with van der Waals surface area (Å²) in [5, 5.41) is 7.89. The van der Waals surface area contributed by atoms with Gasteiger partial charge in [-0.25, -0.2) is 9.59 Å². The van der Waals surface area contributed by atoms with Crippen LogP contribution in [0, 0.1) is 0 Å². The average Bonchev–Trinajstić information content (AvgIpc) is 1.82. The molecular weight excluding hydrogens is 126 g/mol. The van der Waals surface area contributed by atoms with Crippen molar-refractivity contribution in [1.29, 1.82) is 0 Å². The summed E-state index contributed by atoms with van der Waals surface area (Å²) in [6.07, 6.45) is 0. The van der Waals surface area contributed by atoms with Gasteiger partial charge in [0.1, 0.15) is 6.61 Å². The third-order valence-electron chi connectivity index (χ3n) is 0.526. The molecule has 0 aliphatic carbocycles. The number of carbonyl (C=O) groups is 2. The van der Waals surface area contributed by atoms with Crippen LogP contribution in [0.5, 0.6) is 0 Å². The van der Waals surface area contributed by atoms with E-state index in [0.29, 0.717) is 0 Å². The molecule has 5 heteroatoms. The van der Waals surface area contributed by atoms with Crippen molar-refractivity contribution in [3.63, 3.8) is 0 Å². The first-order valence-electron chi connectivity index (χ1n) is 2.28. The highest BCUT2D eigenvalue weighted by Gasteiger charge is 2.10. The number of hydrogen-bond acceptors (Lipinski definition) is 4. The highest BCUT2D eigenvalue weighted by molar-refractivity contribution is 6.28. The number of carbonyl (C=O) groups excluding carboxylic acids is 1. The normalized spacial score (nSPS) is 8.56. The van der Waals surface area contributed by atoms with E-state index in [-0.39, 0.29) is 13.2 Å². The number of esters is 1. The minimum absolute atomic E-state index is 0.0505. The fraction of sp³-hybridized carbons (Fsp3) is 0.500. The van der Waals surface area contributed by atoms with Crippen molar-refractivity contribution in [1.82, 2.24) is 0 Å². The molecule has 0 aromatic carbocycles. The standard InChI is InChI=1S/C4H7NO4/c5-1-2-9-4(8)3(6)7/h1-2,5H2,(H,6,7). The Morgan fingerprint density at radius 1 is 1.56 bits per heavy atom. The van der Waals surface area contributed by atoms with Crippen molar-refractivity contribution < 1.29 is 19.4 Å². The lowest BCUT2D eigenvalue weighted by Crippen LogP contribution is -2.20. The van der Waals surface area contributed by atoms with Gasteiger partial charge < -0.3 is 15.6 Å². The molecule has 0 saturated carbocycles. The van der Waals surface area contributed by atoms with Crippen molar-refractivity contribution in [2.24, 2.45) is 5.73 Å². The topological polar surface area (TPSA) is 89.6 Å². The van der Waals surface area contributed by atoms with Gasteiger partial charge in [0, 0.05) is 6.54 Å². The quantitative estimate of drug-likeness (QED) is 0.356. The Balaban J connectivity index is 3.39. The van der Waals surface area contributed by atoms with Crippen LogP contribution in [0.3, 0.4) is 0 Å². The largest absolute Gasteiger partial charge is 0.473 e. The Hall–Kier alpha value is -1.10. The van der Waals surface area contributed by atoms with E-state index in [9.17, 15) is 9.59 Å². The molecule has 0 heterocycles. The number of nitrogens with two attached hydrogens (primary N) is 1. The van der Waals surface area contributed by atoms with Gasteiger partial charge in [-0.1, -0.05) is 0 Å². The fourth-order valence-corrected chi connectivity index (χ4v) is 0.213. The lowest BCUT2D eigenvalue weighted by Gasteiger charge is -1.95. The van der Waals surface area contributed by atoms with Gasteiger partial charge in [0.15, 0.2) is 0 Å². The maximum Gasteiger partial charge on any atom is 0.417 e. The molecule has 0 aliphatic rings. The molecule has 0 aromatic heterocycles. The summed E-state index contributed by atoms with van der Waals surface area (Å²) in [5.74, 6) is -2.86. The lowest BCUT2D eigenvalue weighted by molar-refractivity contribution is -0.163. The maximum atomic E-state index is 10.0. The van der Waals surface area contributed by atoms with Gasteiger partial charge >= 0.3 is 11.9 Å². The van der Waals surface area contributed by atoms with Gasteiger partial charge in [-0.05, 0) is 0 Å². The van der Waals surface area contributed by atoms with Crippen molar-refractivity contribution in [2.45, 2.75) is 0 Å². The minimum Gasteiger partial charge on any atom is -0.473 e. The molecule has 0 bridgehead atoms. The monoisotopic (exact) mass is 133 g/mol. The first-order chi connectivity index (χ1) is 4.18. The Kier molecular flexibility index (Phi) is 3.38. The number of carboxylic acid groups (broad SMARTS) is 1. The van der Waals surface area contributed by atoms with Gasteiger partial charge in [-0.3, -0.25) is 0 Å². The van der Waals surface area contributed by atoms with E-state index >= 15 is 0 Å². The predicted molar refractivity (Wildman–Crippen MR) is 27.6 cm³/mol. The lowest BCUT2D eigenvalue weighted by atomic mass is 10.7. The Morgan fingerprint density at radius 3 is 2.44 bits per heavy atom. The molecule has 52 valence electrons. The van der Waals surface area contributed by atoms with E-state index < -0.39 is 11.9 Å². The van der Waals surface area contributed by atoms with Gasteiger partial charge in [0.05, 0.1) is 0 Å². The van der Waals surface area contributed by atoms with Crippen LogP contribution in [0.2, 0.25) is 0 Å². The SMILES string of the molecule is NCCOC(=O)C(=O)O. The molecule has 0 fully saturated rings. The van der Waals surface area contributed by atoms with Crippen LogP contribution in [-0.2, 0) is 14.3 Å². The van der Waals surface area contributed by atoms with E-state index in [0.717, 1.165) is 0 Å². The first kappa shape index (κ1) is 7.90. The van der Waals surface area contributed by atoms with E-state index in [1.54, 1.807) is 0 Å². The molecular formula is C4H7NO4. The van der Waals surface area contributed by atoms with Crippen LogP contribution in [0.15, 0.2) is 0 Å². The van der Waals surface area contributed by atoms with Gasteiger partial charge in [0.25, 0.3) is 0 Å². The zero-order chi connectivity index (χ0) is 7.28. The molecule has 0 unspecified atom stereocenters. The zero-order valence-corrected chi connectivity index (χ0v) is 4.66. The molecule has 0 saturated heterocycles. The highest BCUT2D eigenvalue weighted by Crippen LogP contribution is 1.74. The van der Waals surface area contributed by atoms with Crippen molar-refractivity contribution >= 4 is 11.9 Å². The third kappa shape index (κ3) is 3.48. The van der Waals surface area contributed by atoms with Crippen LogP contribution < -0.4 is 5.73 Å². The maximum absolute atomic E-state index is 10.0.